The van der Waals surface area contributed by atoms with Gasteiger partial charge in [-0.05, 0) is 28.9 Å². The summed E-state index contributed by atoms with van der Waals surface area (Å²) in [6, 6.07) is 1.38. The average Bonchev–Trinajstić information content (AvgIpc) is 3.14. The number of ether oxygens (including phenoxy) is 3. The van der Waals surface area contributed by atoms with Gasteiger partial charge >= 0.3 is 12.3 Å². The molecule has 1 aliphatic heterocycles. The van der Waals surface area contributed by atoms with Crippen LogP contribution in [0.25, 0.3) is 0 Å². The molecule has 1 aromatic carbocycles. The summed E-state index contributed by atoms with van der Waals surface area (Å²) in [4.78, 5) is 24.6. The number of halogens is 3. The monoisotopic (exact) mass is 448 g/mol. The minimum atomic E-state index is -1.29. The second kappa shape index (κ2) is 6.86. The Morgan fingerprint density at radius 1 is 1.36 bits per heavy atom. The van der Waals surface area contributed by atoms with Crippen LogP contribution in [0.4, 0.5) is 0 Å². The van der Waals surface area contributed by atoms with Crippen LogP contribution in [-0.4, -0.2) is 34.4 Å². The Morgan fingerprint density at radius 2 is 2.08 bits per heavy atom. The molecule has 0 bridgehead atoms. The number of hydrogen-bond acceptors (Lipinski definition) is 6. The minimum Gasteiger partial charge on any atom is -0.460 e. The van der Waals surface area contributed by atoms with Crippen LogP contribution in [0.2, 0.25) is 10.0 Å². The molecule has 0 radical (unpaired) electrons. The first kappa shape index (κ1) is 18.0. The number of nitrogens with zero attached hydrogens (tertiary/aromatic N) is 2. The molecule has 0 amide bonds. The first-order valence-electron chi connectivity index (χ1n) is 7.09. The van der Waals surface area contributed by atoms with Gasteiger partial charge in [0.1, 0.15) is 10.7 Å². The molecule has 0 aliphatic carbocycles. The lowest BCUT2D eigenvalue weighted by Gasteiger charge is -2.08. The van der Waals surface area contributed by atoms with Crippen molar-refractivity contribution in [3.63, 3.8) is 0 Å². The van der Waals surface area contributed by atoms with Crippen LogP contribution >= 0.6 is 39.1 Å². The maximum absolute atomic E-state index is 12.8. The van der Waals surface area contributed by atoms with Gasteiger partial charge in [-0.25, -0.2) is 4.79 Å². The number of esters is 1. The Kier molecular flexibility index (Phi) is 4.95. The number of aromatic nitrogens is 2. The van der Waals surface area contributed by atoms with Gasteiger partial charge in [-0.15, -0.1) is 0 Å². The van der Waals surface area contributed by atoms with E-state index in [0.717, 1.165) is 0 Å². The lowest BCUT2D eigenvalue weighted by Crippen LogP contribution is -2.30. The van der Waals surface area contributed by atoms with Gasteiger partial charge in [0.25, 0.3) is 0 Å². The van der Waals surface area contributed by atoms with Gasteiger partial charge in [0.05, 0.1) is 22.3 Å². The molecule has 2 heterocycles. The lowest BCUT2D eigenvalue weighted by molar-refractivity contribution is -0.161. The van der Waals surface area contributed by atoms with E-state index in [0.29, 0.717) is 10.2 Å². The molecule has 0 saturated carbocycles. The molecule has 25 heavy (non-hydrogen) atoms. The Hall–Kier alpha value is -1.77. The van der Waals surface area contributed by atoms with Gasteiger partial charge in [0.15, 0.2) is 11.5 Å². The van der Waals surface area contributed by atoms with Crippen LogP contribution in [0.1, 0.15) is 23.0 Å². The molecule has 0 saturated heterocycles. The number of benzene rings is 1. The average molecular weight is 450 g/mol. The largest absolute Gasteiger partial charge is 0.460 e. The lowest BCUT2D eigenvalue weighted by atomic mass is 10.1. The maximum atomic E-state index is 12.8. The van der Waals surface area contributed by atoms with Crippen molar-refractivity contribution in [2.75, 3.05) is 6.61 Å². The summed E-state index contributed by atoms with van der Waals surface area (Å²) in [6.45, 7) is 1.83. The van der Waals surface area contributed by atoms with Crippen molar-refractivity contribution < 1.29 is 23.8 Å². The summed E-state index contributed by atoms with van der Waals surface area (Å²) in [5.41, 5.74) is 0.390. The molecule has 132 valence electrons. The quantitative estimate of drug-likeness (QED) is 0.525. The predicted octanol–water partition coefficient (Wildman–Crippen LogP) is 3.38. The molecule has 7 nitrogen and oxygen atoms in total. The molecule has 1 atom stereocenters. The van der Waals surface area contributed by atoms with Gasteiger partial charge in [-0.1, -0.05) is 23.2 Å². The predicted molar refractivity (Wildman–Crippen MR) is 92.5 cm³/mol. The number of aryl methyl sites for hydroxylation is 1. The zero-order valence-electron chi connectivity index (χ0n) is 13.0. The Labute approximate surface area is 160 Å². The molecule has 3 rings (SSSR count). The molecule has 1 aliphatic rings. The first-order chi connectivity index (χ1) is 11.8. The Morgan fingerprint density at radius 3 is 2.68 bits per heavy atom. The van der Waals surface area contributed by atoms with E-state index in [9.17, 15) is 9.59 Å². The number of carbonyl (C=O) groups is 2. The van der Waals surface area contributed by atoms with Crippen molar-refractivity contribution >= 4 is 50.9 Å². The molecule has 0 spiro atoms. The van der Waals surface area contributed by atoms with E-state index in [-0.39, 0.29) is 33.7 Å². The molecule has 1 aromatic heterocycles. The second-order valence-corrected chi connectivity index (χ2v) is 6.60. The number of carbonyl (C=O) groups excluding carboxylic acids is 2. The van der Waals surface area contributed by atoms with Crippen molar-refractivity contribution in [1.82, 2.24) is 9.78 Å². The van der Waals surface area contributed by atoms with Crippen LogP contribution in [-0.2, 0) is 16.6 Å². The van der Waals surface area contributed by atoms with Gasteiger partial charge in [0.2, 0.25) is 5.78 Å². The van der Waals surface area contributed by atoms with Gasteiger partial charge < -0.3 is 14.2 Å². The van der Waals surface area contributed by atoms with E-state index in [1.54, 1.807) is 14.0 Å². The smallest absolute Gasteiger partial charge is 0.389 e. The third-order valence-corrected chi connectivity index (χ3v) is 4.85. The summed E-state index contributed by atoms with van der Waals surface area (Å²) in [5.74, 6) is -0.891. The van der Waals surface area contributed by atoms with Crippen molar-refractivity contribution in [3.8, 4) is 11.5 Å². The van der Waals surface area contributed by atoms with E-state index < -0.39 is 18.0 Å². The zero-order valence-corrected chi connectivity index (χ0v) is 16.1. The summed E-state index contributed by atoms with van der Waals surface area (Å²) >= 11 is 15.7. The van der Waals surface area contributed by atoms with Crippen LogP contribution in [0.5, 0.6) is 11.5 Å². The van der Waals surface area contributed by atoms with Gasteiger partial charge in [-0.3, -0.25) is 9.48 Å². The standard InChI is InChI=1S/C15H11BrCl2N2O5/c1-3-23-14(22)15-24-8-4-6(9(17)10(18)13(8)25-15)12(21)11-7(16)5-19-20(11)2/h4-5,15H,3H2,1-2H3. The highest BCUT2D eigenvalue weighted by Crippen LogP contribution is 2.47. The van der Waals surface area contributed by atoms with Crippen molar-refractivity contribution in [3.05, 3.63) is 38.0 Å². The molecule has 0 fully saturated rings. The summed E-state index contributed by atoms with van der Waals surface area (Å²) in [6.07, 6.45) is 0.198. The second-order valence-electron chi connectivity index (χ2n) is 4.99. The number of ketones is 1. The van der Waals surface area contributed by atoms with Crippen molar-refractivity contribution in [2.45, 2.75) is 13.2 Å². The van der Waals surface area contributed by atoms with E-state index in [1.807, 2.05) is 0 Å². The Balaban J connectivity index is 2.00. The normalized spacial score (nSPS) is 15.3. The van der Waals surface area contributed by atoms with Gasteiger partial charge in [-0.2, -0.15) is 5.10 Å². The number of rotatable bonds is 4. The molecule has 10 heteroatoms. The van der Waals surface area contributed by atoms with Crippen LogP contribution < -0.4 is 9.47 Å². The summed E-state index contributed by atoms with van der Waals surface area (Å²) in [7, 11) is 1.62. The highest BCUT2D eigenvalue weighted by Gasteiger charge is 2.36. The Bertz CT molecular complexity index is 864. The van der Waals surface area contributed by atoms with Gasteiger partial charge in [0, 0.05) is 12.6 Å². The highest BCUT2D eigenvalue weighted by atomic mass is 79.9. The van der Waals surface area contributed by atoms with E-state index in [1.165, 1.54) is 16.9 Å². The fourth-order valence-corrected chi connectivity index (χ4v) is 3.29. The van der Waals surface area contributed by atoms with E-state index in [2.05, 4.69) is 21.0 Å². The van der Waals surface area contributed by atoms with E-state index >= 15 is 0 Å². The minimum absolute atomic E-state index is 0.00775. The molecular weight excluding hydrogens is 439 g/mol. The molecule has 2 aromatic rings. The summed E-state index contributed by atoms with van der Waals surface area (Å²) in [5, 5.41) is 3.97. The fraction of sp³-hybridized carbons (Fsp3) is 0.267. The van der Waals surface area contributed by atoms with Crippen LogP contribution in [0.15, 0.2) is 16.7 Å². The molecule has 1 unspecified atom stereocenters. The van der Waals surface area contributed by atoms with Crippen molar-refractivity contribution in [1.29, 1.82) is 0 Å². The SMILES string of the molecule is CCOC(=O)C1Oc2cc(C(=O)c3c(Br)cnn3C)c(Cl)c(Cl)c2O1. The third-order valence-electron chi connectivity index (χ3n) is 3.42. The third kappa shape index (κ3) is 3.09. The topological polar surface area (TPSA) is 79.7 Å². The zero-order chi connectivity index (χ0) is 18.3. The van der Waals surface area contributed by atoms with Crippen LogP contribution in [0.3, 0.4) is 0 Å². The number of fused-ring (bicyclic) bond motifs is 1. The molecule has 0 N–H and O–H groups in total. The van der Waals surface area contributed by atoms with E-state index in [4.69, 9.17) is 37.4 Å². The number of hydrogen-bond donors (Lipinski definition) is 0. The highest BCUT2D eigenvalue weighted by molar-refractivity contribution is 9.10. The van der Waals surface area contributed by atoms with Crippen LogP contribution in [0, 0.1) is 0 Å². The summed E-state index contributed by atoms with van der Waals surface area (Å²) < 4.78 is 17.5. The molecular formula is C15H11BrCl2N2O5. The first-order valence-corrected chi connectivity index (χ1v) is 8.64. The fourth-order valence-electron chi connectivity index (χ4n) is 2.30. The van der Waals surface area contributed by atoms with Crippen molar-refractivity contribution in [2.24, 2.45) is 7.05 Å². The maximum Gasteiger partial charge on any atom is 0.389 e.